The molecule has 0 radical (unpaired) electrons. The van der Waals surface area contributed by atoms with Crippen LogP contribution in [0.15, 0.2) is 23.1 Å². The van der Waals surface area contributed by atoms with Crippen molar-refractivity contribution < 1.29 is 15.1 Å². The summed E-state index contributed by atoms with van der Waals surface area (Å²) in [7, 11) is 0. The second-order valence-electron chi connectivity index (χ2n) is 1.90. The second kappa shape index (κ2) is 2.45. The maximum atomic E-state index is 10.6. The monoisotopic (exact) mass is 155 g/mol. The molecule has 0 aliphatic carbocycles. The summed E-state index contributed by atoms with van der Waals surface area (Å²) in [6.45, 7) is 0. The van der Waals surface area contributed by atoms with Gasteiger partial charge in [0.25, 0.3) is 5.56 Å². The standard InChI is InChI=1S/C6H5NO4/c8-5-3-4(6(9)10)1-2-7(5)11/h1-3,11H,(H,9,10). The number of aromatic carboxylic acids is 1. The summed E-state index contributed by atoms with van der Waals surface area (Å²) >= 11 is 0. The first-order valence-corrected chi connectivity index (χ1v) is 2.76. The molecular formula is C6H5NO4. The molecule has 1 aromatic heterocycles. The Labute approximate surface area is 61.1 Å². The van der Waals surface area contributed by atoms with Crippen LogP contribution < -0.4 is 5.56 Å². The Morgan fingerprint density at radius 1 is 1.55 bits per heavy atom. The third kappa shape index (κ3) is 1.37. The van der Waals surface area contributed by atoms with E-state index in [2.05, 4.69) is 0 Å². The van der Waals surface area contributed by atoms with Gasteiger partial charge >= 0.3 is 5.97 Å². The van der Waals surface area contributed by atoms with Gasteiger partial charge in [0.15, 0.2) is 0 Å². The molecule has 5 nitrogen and oxygen atoms in total. The van der Waals surface area contributed by atoms with Crippen molar-refractivity contribution >= 4 is 5.97 Å². The maximum Gasteiger partial charge on any atom is 0.335 e. The minimum atomic E-state index is -1.19. The highest BCUT2D eigenvalue weighted by molar-refractivity contribution is 5.87. The lowest BCUT2D eigenvalue weighted by Crippen LogP contribution is -2.17. The van der Waals surface area contributed by atoms with E-state index in [1.54, 1.807) is 0 Å². The van der Waals surface area contributed by atoms with Crippen molar-refractivity contribution in [2.45, 2.75) is 0 Å². The van der Waals surface area contributed by atoms with E-state index in [4.69, 9.17) is 10.3 Å². The first kappa shape index (κ1) is 7.33. The summed E-state index contributed by atoms with van der Waals surface area (Å²) in [4.78, 5) is 20.8. The molecule has 0 aliphatic heterocycles. The van der Waals surface area contributed by atoms with E-state index in [0.717, 1.165) is 18.3 Å². The summed E-state index contributed by atoms with van der Waals surface area (Å²) in [5.74, 6) is -1.19. The maximum absolute atomic E-state index is 10.6. The molecule has 0 amide bonds. The van der Waals surface area contributed by atoms with Gasteiger partial charge in [-0.15, -0.1) is 0 Å². The Balaban J connectivity index is 3.26. The van der Waals surface area contributed by atoms with E-state index in [1.807, 2.05) is 0 Å². The lowest BCUT2D eigenvalue weighted by Gasteiger charge is -1.94. The van der Waals surface area contributed by atoms with E-state index in [1.165, 1.54) is 0 Å². The first-order chi connectivity index (χ1) is 5.11. The van der Waals surface area contributed by atoms with Gasteiger partial charge in [0.2, 0.25) is 0 Å². The van der Waals surface area contributed by atoms with E-state index in [9.17, 15) is 9.59 Å². The summed E-state index contributed by atoms with van der Waals surface area (Å²) in [6, 6.07) is 1.96. The van der Waals surface area contributed by atoms with Gasteiger partial charge in [-0.3, -0.25) is 4.79 Å². The average molecular weight is 155 g/mol. The molecule has 0 aromatic carbocycles. The van der Waals surface area contributed by atoms with Crippen LogP contribution in [0.4, 0.5) is 0 Å². The van der Waals surface area contributed by atoms with E-state index in [-0.39, 0.29) is 5.56 Å². The number of rotatable bonds is 1. The highest BCUT2D eigenvalue weighted by Gasteiger charge is 2.02. The molecule has 1 rings (SSSR count). The molecule has 11 heavy (non-hydrogen) atoms. The number of carbonyl (C=O) groups is 1. The normalized spacial score (nSPS) is 9.45. The molecule has 0 fully saturated rings. The van der Waals surface area contributed by atoms with Gasteiger partial charge in [-0.1, -0.05) is 0 Å². The zero-order chi connectivity index (χ0) is 8.43. The summed E-state index contributed by atoms with van der Waals surface area (Å²) < 4.78 is 0.312. The molecule has 0 unspecified atom stereocenters. The number of hydrogen-bond acceptors (Lipinski definition) is 3. The fraction of sp³-hybridized carbons (Fsp3) is 0. The van der Waals surface area contributed by atoms with Gasteiger partial charge in [0.05, 0.1) is 5.56 Å². The van der Waals surface area contributed by atoms with Crippen molar-refractivity contribution in [3.8, 4) is 0 Å². The molecule has 1 heterocycles. The second-order valence-corrected chi connectivity index (χ2v) is 1.90. The van der Waals surface area contributed by atoms with Crippen LogP contribution in [-0.2, 0) is 0 Å². The van der Waals surface area contributed by atoms with Gasteiger partial charge in [0.1, 0.15) is 0 Å². The van der Waals surface area contributed by atoms with Gasteiger partial charge < -0.3 is 10.3 Å². The molecule has 5 heteroatoms. The summed E-state index contributed by atoms with van der Waals surface area (Å²) in [5.41, 5.74) is -0.898. The van der Waals surface area contributed by atoms with Crippen LogP contribution in [0.25, 0.3) is 0 Å². The molecular weight excluding hydrogens is 150 g/mol. The quantitative estimate of drug-likeness (QED) is 0.549. The molecule has 0 aliphatic rings. The van der Waals surface area contributed by atoms with Crippen LogP contribution >= 0.6 is 0 Å². The summed E-state index contributed by atoms with van der Waals surface area (Å²) in [6.07, 6.45) is 0.978. The predicted octanol–water partition coefficient (Wildman–Crippen LogP) is -0.216. The lowest BCUT2D eigenvalue weighted by atomic mass is 10.3. The Morgan fingerprint density at radius 2 is 2.18 bits per heavy atom. The van der Waals surface area contributed by atoms with Crippen LogP contribution in [0.1, 0.15) is 10.4 Å². The molecule has 2 N–H and O–H groups in total. The smallest absolute Gasteiger partial charge is 0.335 e. The van der Waals surface area contributed by atoms with E-state index >= 15 is 0 Å². The number of nitrogens with zero attached hydrogens (tertiary/aromatic N) is 1. The molecule has 0 saturated heterocycles. The summed E-state index contributed by atoms with van der Waals surface area (Å²) in [5, 5.41) is 17.0. The Bertz CT molecular complexity index is 341. The number of hydrogen-bond donors (Lipinski definition) is 2. The SMILES string of the molecule is O=C(O)c1ccn(O)c(=O)c1. The Morgan fingerprint density at radius 3 is 2.64 bits per heavy atom. The van der Waals surface area contributed by atoms with Crippen molar-refractivity contribution in [3.05, 3.63) is 34.2 Å². The Hall–Kier alpha value is -1.78. The van der Waals surface area contributed by atoms with E-state index in [0.29, 0.717) is 4.73 Å². The van der Waals surface area contributed by atoms with Gasteiger partial charge in [0, 0.05) is 12.3 Å². The number of carboxylic acid groups (broad SMARTS) is 1. The number of carboxylic acids is 1. The van der Waals surface area contributed by atoms with Gasteiger partial charge in [-0.25, -0.2) is 4.79 Å². The Kier molecular flexibility index (Phi) is 1.63. The first-order valence-electron chi connectivity index (χ1n) is 2.76. The molecule has 0 spiro atoms. The molecule has 58 valence electrons. The fourth-order valence-corrected chi connectivity index (χ4v) is 0.605. The highest BCUT2D eigenvalue weighted by atomic mass is 16.5. The molecule has 0 bridgehead atoms. The van der Waals surface area contributed by atoms with Crippen LogP contribution in [0.2, 0.25) is 0 Å². The predicted molar refractivity (Wildman–Crippen MR) is 34.8 cm³/mol. The molecule has 0 saturated carbocycles. The van der Waals surface area contributed by atoms with Crippen LogP contribution in [0, 0.1) is 0 Å². The average Bonchev–Trinajstić information content (AvgIpc) is 1.94. The largest absolute Gasteiger partial charge is 0.478 e. The zero-order valence-corrected chi connectivity index (χ0v) is 5.39. The van der Waals surface area contributed by atoms with Crippen molar-refractivity contribution in [1.82, 2.24) is 4.73 Å². The van der Waals surface area contributed by atoms with Gasteiger partial charge in [-0.05, 0) is 6.07 Å². The zero-order valence-electron chi connectivity index (χ0n) is 5.39. The lowest BCUT2D eigenvalue weighted by molar-refractivity contribution is 0.0695. The minimum Gasteiger partial charge on any atom is -0.478 e. The van der Waals surface area contributed by atoms with Gasteiger partial charge in [-0.2, -0.15) is 4.73 Å². The fourth-order valence-electron chi connectivity index (χ4n) is 0.605. The van der Waals surface area contributed by atoms with Crippen molar-refractivity contribution in [2.75, 3.05) is 0 Å². The molecule has 0 atom stereocenters. The van der Waals surface area contributed by atoms with Crippen molar-refractivity contribution in [1.29, 1.82) is 0 Å². The topological polar surface area (TPSA) is 79.5 Å². The van der Waals surface area contributed by atoms with Crippen LogP contribution in [0.5, 0.6) is 0 Å². The van der Waals surface area contributed by atoms with Crippen LogP contribution in [0.3, 0.4) is 0 Å². The third-order valence-corrected chi connectivity index (χ3v) is 1.15. The number of aromatic nitrogens is 1. The van der Waals surface area contributed by atoms with Crippen molar-refractivity contribution in [3.63, 3.8) is 0 Å². The molecule has 1 aromatic rings. The van der Waals surface area contributed by atoms with Crippen molar-refractivity contribution in [2.24, 2.45) is 0 Å². The van der Waals surface area contributed by atoms with Crippen LogP contribution in [-0.4, -0.2) is 21.0 Å². The third-order valence-electron chi connectivity index (χ3n) is 1.15. The van der Waals surface area contributed by atoms with E-state index < -0.39 is 11.5 Å². The number of pyridine rings is 1. The minimum absolute atomic E-state index is 0.139. The highest BCUT2D eigenvalue weighted by Crippen LogP contribution is 1.91.